The Morgan fingerprint density at radius 1 is 0.917 bits per heavy atom. The Morgan fingerprint density at radius 2 is 1.62 bits per heavy atom. The number of hydrogen-bond acceptors (Lipinski definition) is 5. The van der Waals surface area contributed by atoms with E-state index in [2.05, 4.69) is 0 Å². The van der Waals surface area contributed by atoms with Gasteiger partial charge in [-0.1, -0.05) is 19.9 Å². The molecule has 0 saturated heterocycles. The monoisotopic (exact) mass is 328 g/mol. The van der Waals surface area contributed by atoms with Crippen LogP contribution in [0.1, 0.15) is 34.6 Å². The highest BCUT2D eigenvalue weighted by Gasteiger charge is 2.12. The highest BCUT2D eigenvalue weighted by molar-refractivity contribution is 5.92. The fourth-order valence-corrected chi connectivity index (χ4v) is 1.91. The molecule has 0 aromatic heterocycles. The normalized spacial score (nSPS) is 10.3. The highest BCUT2D eigenvalue weighted by Crippen LogP contribution is 2.18. The van der Waals surface area contributed by atoms with Gasteiger partial charge < -0.3 is 14.2 Å². The van der Waals surface area contributed by atoms with Gasteiger partial charge in [0.1, 0.15) is 11.5 Å². The molecule has 0 bridgehead atoms. The van der Waals surface area contributed by atoms with E-state index in [9.17, 15) is 9.59 Å². The Hall–Kier alpha value is -2.82. The first-order valence-corrected chi connectivity index (χ1v) is 7.63. The maximum absolute atomic E-state index is 12.1. The number of carbonyl (C=O) groups is 2. The van der Waals surface area contributed by atoms with Crippen molar-refractivity contribution in [2.45, 2.75) is 13.8 Å². The summed E-state index contributed by atoms with van der Waals surface area (Å²) in [5, 5.41) is 0. The van der Waals surface area contributed by atoms with Crippen molar-refractivity contribution in [3.63, 3.8) is 0 Å². The van der Waals surface area contributed by atoms with E-state index in [-0.39, 0.29) is 11.7 Å². The third kappa shape index (κ3) is 4.84. The van der Waals surface area contributed by atoms with Gasteiger partial charge >= 0.3 is 11.9 Å². The van der Waals surface area contributed by atoms with Gasteiger partial charge in [0.05, 0.1) is 24.8 Å². The molecule has 0 N–H and O–H groups in total. The quantitative estimate of drug-likeness (QED) is 0.597. The third-order valence-corrected chi connectivity index (χ3v) is 3.15. The summed E-state index contributed by atoms with van der Waals surface area (Å²) in [6.07, 6.45) is 0. The molecule has 0 aliphatic carbocycles. The largest absolute Gasteiger partial charge is 0.497 e. The summed E-state index contributed by atoms with van der Waals surface area (Å²) in [5.74, 6) is 0.248. The summed E-state index contributed by atoms with van der Waals surface area (Å²) in [4.78, 5) is 24.1. The van der Waals surface area contributed by atoms with E-state index in [0.29, 0.717) is 23.5 Å². The number of methoxy groups -OCH3 is 1. The summed E-state index contributed by atoms with van der Waals surface area (Å²) in [6.45, 7) is 4.26. The zero-order valence-electron chi connectivity index (χ0n) is 13.9. The molecule has 2 rings (SSSR count). The number of esters is 2. The van der Waals surface area contributed by atoms with Gasteiger partial charge in [-0.3, -0.25) is 0 Å². The van der Waals surface area contributed by atoms with E-state index in [0.717, 1.165) is 0 Å². The minimum absolute atomic E-state index is 0.255. The van der Waals surface area contributed by atoms with Gasteiger partial charge in [0.2, 0.25) is 0 Å². The lowest BCUT2D eigenvalue weighted by Gasteiger charge is -2.09. The van der Waals surface area contributed by atoms with Crippen LogP contribution in [-0.4, -0.2) is 25.7 Å². The molecule has 0 aliphatic heterocycles. The van der Waals surface area contributed by atoms with Crippen LogP contribution in [0.15, 0.2) is 48.5 Å². The summed E-state index contributed by atoms with van der Waals surface area (Å²) in [6, 6.07) is 12.9. The van der Waals surface area contributed by atoms with Crippen molar-refractivity contribution < 1.29 is 23.8 Å². The van der Waals surface area contributed by atoms with Crippen LogP contribution >= 0.6 is 0 Å². The van der Waals surface area contributed by atoms with Crippen molar-refractivity contribution in [2.24, 2.45) is 5.92 Å². The minimum Gasteiger partial charge on any atom is -0.497 e. The van der Waals surface area contributed by atoms with Gasteiger partial charge in [0.25, 0.3) is 0 Å². The highest BCUT2D eigenvalue weighted by atomic mass is 16.5. The Labute approximate surface area is 141 Å². The summed E-state index contributed by atoms with van der Waals surface area (Å²) >= 11 is 0. The SMILES string of the molecule is COc1ccc(C(=O)Oc2cccc(C(=O)OCC(C)C)c2)cc1. The van der Waals surface area contributed by atoms with Crippen molar-refractivity contribution in [3.05, 3.63) is 59.7 Å². The molecular weight excluding hydrogens is 308 g/mol. The maximum atomic E-state index is 12.1. The molecule has 0 fully saturated rings. The molecule has 0 heterocycles. The van der Waals surface area contributed by atoms with Crippen LogP contribution in [0.3, 0.4) is 0 Å². The molecule has 0 unspecified atom stereocenters. The van der Waals surface area contributed by atoms with Crippen LogP contribution in [0.25, 0.3) is 0 Å². The fraction of sp³-hybridized carbons (Fsp3) is 0.263. The molecule has 24 heavy (non-hydrogen) atoms. The predicted molar refractivity (Wildman–Crippen MR) is 89.5 cm³/mol. The average molecular weight is 328 g/mol. The lowest BCUT2D eigenvalue weighted by molar-refractivity contribution is 0.0457. The fourth-order valence-electron chi connectivity index (χ4n) is 1.91. The summed E-state index contributed by atoms with van der Waals surface area (Å²) in [7, 11) is 1.55. The van der Waals surface area contributed by atoms with E-state index in [1.165, 1.54) is 6.07 Å². The first-order chi connectivity index (χ1) is 11.5. The van der Waals surface area contributed by atoms with Gasteiger partial charge in [-0.05, 0) is 48.4 Å². The van der Waals surface area contributed by atoms with Gasteiger partial charge in [0.15, 0.2) is 0 Å². The van der Waals surface area contributed by atoms with Crippen molar-refractivity contribution in [2.75, 3.05) is 13.7 Å². The van der Waals surface area contributed by atoms with E-state index in [4.69, 9.17) is 14.2 Å². The van der Waals surface area contributed by atoms with Gasteiger partial charge in [-0.15, -0.1) is 0 Å². The number of hydrogen-bond donors (Lipinski definition) is 0. The minimum atomic E-state index is -0.509. The second-order valence-electron chi connectivity index (χ2n) is 5.64. The van der Waals surface area contributed by atoms with E-state index in [1.54, 1.807) is 49.6 Å². The van der Waals surface area contributed by atoms with Gasteiger partial charge in [-0.25, -0.2) is 9.59 Å². The Morgan fingerprint density at radius 3 is 2.25 bits per heavy atom. The molecule has 0 radical (unpaired) electrons. The average Bonchev–Trinajstić information content (AvgIpc) is 2.59. The van der Waals surface area contributed by atoms with Crippen LogP contribution in [-0.2, 0) is 4.74 Å². The Kier molecular flexibility index (Phi) is 5.95. The van der Waals surface area contributed by atoms with E-state index >= 15 is 0 Å². The molecule has 5 heteroatoms. The van der Waals surface area contributed by atoms with Crippen LogP contribution in [0.4, 0.5) is 0 Å². The number of benzene rings is 2. The van der Waals surface area contributed by atoms with Crippen molar-refractivity contribution >= 4 is 11.9 Å². The smallest absolute Gasteiger partial charge is 0.343 e. The van der Waals surface area contributed by atoms with Crippen molar-refractivity contribution in [3.8, 4) is 11.5 Å². The molecule has 0 spiro atoms. The maximum Gasteiger partial charge on any atom is 0.343 e. The summed E-state index contributed by atoms with van der Waals surface area (Å²) in [5.41, 5.74) is 0.735. The van der Waals surface area contributed by atoms with Crippen LogP contribution in [0, 0.1) is 5.92 Å². The second kappa shape index (κ2) is 8.15. The van der Waals surface area contributed by atoms with Gasteiger partial charge in [0, 0.05) is 0 Å². The first kappa shape index (κ1) is 17.5. The standard InChI is InChI=1S/C19H20O5/c1-13(2)12-23-18(20)15-5-4-6-17(11-15)24-19(21)14-7-9-16(22-3)10-8-14/h4-11,13H,12H2,1-3H3. The van der Waals surface area contributed by atoms with Crippen molar-refractivity contribution in [1.82, 2.24) is 0 Å². The third-order valence-electron chi connectivity index (χ3n) is 3.15. The zero-order valence-corrected chi connectivity index (χ0v) is 13.9. The Balaban J connectivity index is 2.05. The lowest BCUT2D eigenvalue weighted by Crippen LogP contribution is -2.11. The molecular formula is C19H20O5. The molecule has 0 aliphatic rings. The summed E-state index contributed by atoms with van der Waals surface area (Å²) < 4.78 is 15.5. The number of ether oxygens (including phenoxy) is 3. The van der Waals surface area contributed by atoms with Gasteiger partial charge in [-0.2, -0.15) is 0 Å². The molecule has 0 atom stereocenters. The molecule has 126 valence electrons. The first-order valence-electron chi connectivity index (χ1n) is 7.63. The zero-order chi connectivity index (χ0) is 17.5. The lowest BCUT2D eigenvalue weighted by atomic mass is 10.2. The molecule has 0 saturated carbocycles. The van der Waals surface area contributed by atoms with E-state index < -0.39 is 11.9 Å². The van der Waals surface area contributed by atoms with Crippen molar-refractivity contribution in [1.29, 1.82) is 0 Å². The second-order valence-corrected chi connectivity index (χ2v) is 5.64. The number of carbonyl (C=O) groups excluding carboxylic acids is 2. The Bertz CT molecular complexity index is 704. The molecule has 2 aromatic carbocycles. The number of rotatable bonds is 6. The topological polar surface area (TPSA) is 61.8 Å². The van der Waals surface area contributed by atoms with E-state index in [1.807, 2.05) is 13.8 Å². The predicted octanol–water partition coefficient (Wildman–Crippen LogP) is 3.73. The van der Waals surface area contributed by atoms with Crippen LogP contribution < -0.4 is 9.47 Å². The molecule has 5 nitrogen and oxygen atoms in total. The molecule has 2 aromatic rings. The van der Waals surface area contributed by atoms with Crippen LogP contribution in [0.5, 0.6) is 11.5 Å². The molecule has 0 amide bonds. The van der Waals surface area contributed by atoms with Crippen LogP contribution in [0.2, 0.25) is 0 Å².